The van der Waals surface area contributed by atoms with Gasteiger partial charge in [0.2, 0.25) is 0 Å². The Balaban J connectivity index is 1.51. The Labute approximate surface area is 105 Å². The summed E-state index contributed by atoms with van der Waals surface area (Å²) < 4.78 is 0. The van der Waals surface area contributed by atoms with Gasteiger partial charge in [-0.3, -0.25) is 0 Å². The molecule has 4 atom stereocenters. The van der Waals surface area contributed by atoms with Gasteiger partial charge < -0.3 is 15.3 Å². The summed E-state index contributed by atoms with van der Waals surface area (Å²) in [6.45, 7) is 2.59. The lowest BCUT2D eigenvalue weighted by Crippen LogP contribution is -2.52. The van der Waals surface area contributed by atoms with Gasteiger partial charge in [-0.25, -0.2) is 0 Å². The Kier molecular flexibility index (Phi) is 3.69. The number of hydrogen-bond donors (Lipinski definition) is 2. The molecule has 0 bridgehead atoms. The van der Waals surface area contributed by atoms with Crippen molar-refractivity contribution in [2.24, 2.45) is 0 Å². The summed E-state index contributed by atoms with van der Waals surface area (Å²) >= 11 is 0. The van der Waals surface area contributed by atoms with Crippen molar-refractivity contribution in [2.75, 3.05) is 13.1 Å². The van der Waals surface area contributed by atoms with Gasteiger partial charge in [0.25, 0.3) is 0 Å². The van der Waals surface area contributed by atoms with Crippen LogP contribution in [-0.2, 0) is 0 Å². The first-order chi connectivity index (χ1) is 8.33. The first-order valence-corrected chi connectivity index (χ1v) is 7.51. The molecule has 1 saturated carbocycles. The average Bonchev–Trinajstić information content (AvgIpc) is 2.79. The molecule has 0 spiro atoms. The highest BCUT2D eigenvalue weighted by Crippen LogP contribution is 2.28. The van der Waals surface area contributed by atoms with Crippen LogP contribution in [0.3, 0.4) is 0 Å². The van der Waals surface area contributed by atoms with Crippen LogP contribution < -0.4 is 5.32 Å². The third kappa shape index (κ3) is 2.67. The van der Waals surface area contributed by atoms with Crippen molar-refractivity contribution in [1.29, 1.82) is 0 Å². The Bertz CT molecular complexity index is 259. The number of nitrogens with one attached hydrogen (secondary N) is 1. The highest BCUT2D eigenvalue weighted by Gasteiger charge is 2.33. The molecule has 0 aromatic carbocycles. The maximum absolute atomic E-state index is 10.0. The molecule has 0 aromatic heterocycles. The first-order valence-electron chi connectivity index (χ1n) is 7.51. The molecule has 3 heteroatoms. The number of fused-ring (bicyclic) bond motifs is 1. The summed E-state index contributed by atoms with van der Waals surface area (Å²) in [5.74, 6) is 0. The van der Waals surface area contributed by atoms with Gasteiger partial charge in [-0.15, -0.1) is 0 Å². The third-order valence-electron chi connectivity index (χ3n) is 5.00. The molecule has 2 N–H and O–H groups in total. The van der Waals surface area contributed by atoms with Crippen molar-refractivity contribution in [3.63, 3.8) is 0 Å². The SMILES string of the molecule is OC1CCCCC1NC1CCN2CCCC2C1. The number of rotatable bonds is 2. The Morgan fingerprint density at radius 2 is 1.82 bits per heavy atom. The van der Waals surface area contributed by atoms with E-state index in [1.165, 1.54) is 58.0 Å². The molecule has 3 rings (SSSR count). The van der Waals surface area contributed by atoms with Gasteiger partial charge in [0, 0.05) is 18.1 Å². The molecule has 98 valence electrons. The van der Waals surface area contributed by atoms with Crippen LogP contribution in [-0.4, -0.2) is 47.3 Å². The number of piperidine rings is 1. The largest absolute Gasteiger partial charge is 0.392 e. The van der Waals surface area contributed by atoms with Crippen LogP contribution in [0.5, 0.6) is 0 Å². The standard InChI is InChI=1S/C14H26N2O/c17-14-6-2-1-5-13(14)15-11-7-9-16-8-3-4-12(16)10-11/h11-15,17H,1-10H2. The van der Waals surface area contributed by atoms with Crippen LogP contribution in [0, 0.1) is 0 Å². The first kappa shape index (κ1) is 11.9. The van der Waals surface area contributed by atoms with E-state index in [0.717, 1.165) is 12.5 Å². The Hall–Kier alpha value is -0.120. The monoisotopic (exact) mass is 238 g/mol. The summed E-state index contributed by atoms with van der Waals surface area (Å²) in [7, 11) is 0. The molecule has 0 aromatic rings. The van der Waals surface area contributed by atoms with Crippen molar-refractivity contribution in [1.82, 2.24) is 10.2 Å². The van der Waals surface area contributed by atoms with Crippen molar-refractivity contribution in [3.8, 4) is 0 Å². The molecule has 3 aliphatic rings. The van der Waals surface area contributed by atoms with Crippen LogP contribution in [0.4, 0.5) is 0 Å². The smallest absolute Gasteiger partial charge is 0.0693 e. The predicted octanol–water partition coefficient (Wildman–Crippen LogP) is 1.51. The molecule has 17 heavy (non-hydrogen) atoms. The fourth-order valence-electron chi connectivity index (χ4n) is 3.98. The van der Waals surface area contributed by atoms with E-state index in [1.807, 2.05) is 0 Å². The Morgan fingerprint density at radius 1 is 0.941 bits per heavy atom. The van der Waals surface area contributed by atoms with Crippen molar-refractivity contribution in [3.05, 3.63) is 0 Å². The second-order valence-corrected chi connectivity index (χ2v) is 6.18. The van der Waals surface area contributed by atoms with E-state index in [0.29, 0.717) is 12.1 Å². The molecule has 0 radical (unpaired) electrons. The zero-order valence-electron chi connectivity index (χ0n) is 10.8. The fraction of sp³-hybridized carbons (Fsp3) is 1.00. The van der Waals surface area contributed by atoms with E-state index in [1.54, 1.807) is 0 Å². The molecule has 2 heterocycles. The predicted molar refractivity (Wildman–Crippen MR) is 69.0 cm³/mol. The highest BCUT2D eigenvalue weighted by molar-refractivity contribution is 4.92. The molecule has 3 nitrogen and oxygen atoms in total. The van der Waals surface area contributed by atoms with E-state index >= 15 is 0 Å². The van der Waals surface area contributed by atoms with Gasteiger partial charge in [0.05, 0.1) is 6.10 Å². The third-order valence-corrected chi connectivity index (χ3v) is 5.00. The van der Waals surface area contributed by atoms with E-state index in [4.69, 9.17) is 0 Å². The lowest BCUT2D eigenvalue weighted by molar-refractivity contribution is 0.0723. The van der Waals surface area contributed by atoms with E-state index in [-0.39, 0.29) is 6.10 Å². The second-order valence-electron chi connectivity index (χ2n) is 6.18. The topological polar surface area (TPSA) is 35.5 Å². The zero-order valence-corrected chi connectivity index (χ0v) is 10.8. The lowest BCUT2D eigenvalue weighted by atomic mass is 9.90. The quantitative estimate of drug-likeness (QED) is 0.765. The fourth-order valence-corrected chi connectivity index (χ4v) is 3.98. The van der Waals surface area contributed by atoms with Crippen molar-refractivity contribution < 1.29 is 5.11 Å². The number of nitrogens with zero attached hydrogens (tertiary/aromatic N) is 1. The van der Waals surface area contributed by atoms with E-state index in [9.17, 15) is 5.11 Å². The van der Waals surface area contributed by atoms with Gasteiger partial charge in [0.15, 0.2) is 0 Å². The van der Waals surface area contributed by atoms with Gasteiger partial charge in [-0.05, 0) is 51.6 Å². The number of aliphatic hydroxyl groups excluding tert-OH is 1. The molecule has 4 unspecified atom stereocenters. The highest BCUT2D eigenvalue weighted by atomic mass is 16.3. The molecule has 3 fully saturated rings. The van der Waals surface area contributed by atoms with Gasteiger partial charge in [-0.1, -0.05) is 12.8 Å². The normalized spacial score (nSPS) is 43.6. The average molecular weight is 238 g/mol. The molecule has 1 aliphatic carbocycles. The molecule has 2 aliphatic heterocycles. The van der Waals surface area contributed by atoms with E-state index in [2.05, 4.69) is 10.2 Å². The lowest BCUT2D eigenvalue weighted by Gasteiger charge is -2.39. The van der Waals surface area contributed by atoms with Gasteiger partial charge >= 0.3 is 0 Å². The van der Waals surface area contributed by atoms with Gasteiger partial charge in [-0.2, -0.15) is 0 Å². The molecule has 2 saturated heterocycles. The molecular weight excluding hydrogens is 212 g/mol. The van der Waals surface area contributed by atoms with Crippen LogP contribution in [0.1, 0.15) is 51.4 Å². The zero-order chi connectivity index (χ0) is 11.7. The van der Waals surface area contributed by atoms with Gasteiger partial charge in [0.1, 0.15) is 0 Å². The van der Waals surface area contributed by atoms with E-state index < -0.39 is 0 Å². The summed E-state index contributed by atoms with van der Waals surface area (Å²) in [4.78, 5) is 2.66. The summed E-state index contributed by atoms with van der Waals surface area (Å²) in [5.41, 5.74) is 0. The van der Waals surface area contributed by atoms with Crippen LogP contribution in [0.25, 0.3) is 0 Å². The number of hydrogen-bond acceptors (Lipinski definition) is 3. The maximum atomic E-state index is 10.0. The van der Waals surface area contributed by atoms with Crippen molar-refractivity contribution >= 4 is 0 Å². The number of aliphatic hydroxyl groups is 1. The summed E-state index contributed by atoms with van der Waals surface area (Å²) in [5, 5.41) is 13.8. The molecular formula is C14H26N2O. The van der Waals surface area contributed by atoms with Crippen LogP contribution in [0.2, 0.25) is 0 Å². The molecule has 0 amide bonds. The van der Waals surface area contributed by atoms with Crippen molar-refractivity contribution in [2.45, 2.75) is 75.6 Å². The summed E-state index contributed by atoms with van der Waals surface area (Å²) in [6, 6.07) is 1.87. The minimum Gasteiger partial charge on any atom is -0.392 e. The second kappa shape index (κ2) is 5.25. The minimum absolute atomic E-state index is 0.0923. The van der Waals surface area contributed by atoms with Crippen LogP contribution in [0.15, 0.2) is 0 Å². The maximum Gasteiger partial charge on any atom is 0.0693 e. The summed E-state index contributed by atoms with van der Waals surface area (Å²) in [6.07, 6.45) is 9.95. The minimum atomic E-state index is -0.0923. The van der Waals surface area contributed by atoms with Crippen LogP contribution >= 0.6 is 0 Å². The Morgan fingerprint density at radius 3 is 2.71 bits per heavy atom.